The lowest BCUT2D eigenvalue weighted by atomic mass is 10.1. The van der Waals surface area contributed by atoms with Crippen LogP contribution in [0.4, 0.5) is 5.82 Å². The fraction of sp³-hybridized carbons (Fsp3) is 0.706. The smallest absolute Gasteiger partial charge is 0.358 e. The zero-order chi connectivity index (χ0) is 15.8. The summed E-state index contributed by atoms with van der Waals surface area (Å²) in [4.78, 5) is 25.0. The van der Waals surface area contributed by atoms with E-state index in [1.807, 2.05) is 0 Å². The number of methoxy groups -OCH3 is 1. The molecule has 1 aromatic heterocycles. The third kappa shape index (κ3) is 3.32. The highest BCUT2D eigenvalue weighted by atomic mass is 16.5. The summed E-state index contributed by atoms with van der Waals surface area (Å²) in [6.45, 7) is 3.31. The van der Waals surface area contributed by atoms with E-state index in [-0.39, 0.29) is 5.69 Å². The van der Waals surface area contributed by atoms with Crippen LogP contribution in [0.5, 0.6) is 0 Å². The van der Waals surface area contributed by atoms with Crippen molar-refractivity contribution in [2.75, 3.05) is 31.6 Å². The molecule has 2 saturated carbocycles. The highest BCUT2D eigenvalue weighted by Gasteiger charge is 2.40. The summed E-state index contributed by atoms with van der Waals surface area (Å²) in [6, 6.07) is 1.74. The van der Waals surface area contributed by atoms with Crippen molar-refractivity contribution in [3.05, 3.63) is 18.1 Å². The zero-order valence-electron chi connectivity index (χ0n) is 13.6. The second-order valence-electron chi connectivity index (χ2n) is 7.01. The standard InChI is InChI=1S/C17H24N4O2/c1-23-17(22)15-8-19-16(9-18-15)20-7-6-12(10-20)11-21(13-2-3-13)14-4-5-14/h8-9,12-14H,2-7,10-11H2,1H3/t12-/m0/s1. The van der Waals surface area contributed by atoms with Crippen LogP contribution in [0, 0.1) is 5.92 Å². The Morgan fingerprint density at radius 1 is 1.22 bits per heavy atom. The minimum absolute atomic E-state index is 0.264. The molecule has 1 aliphatic heterocycles. The Morgan fingerprint density at radius 2 is 1.96 bits per heavy atom. The summed E-state index contributed by atoms with van der Waals surface area (Å²) in [5, 5.41) is 0. The molecule has 0 amide bonds. The van der Waals surface area contributed by atoms with Crippen molar-refractivity contribution in [1.82, 2.24) is 14.9 Å². The van der Waals surface area contributed by atoms with Crippen LogP contribution < -0.4 is 4.90 Å². The van der Waals surface area contributed by atoms with Crippen molar-refractivity contribution in [2.24, 2.45) is 5.92 Å². The molecule has 6 heteroatoms. The maximum Gasteiger partial charge on any atom is 0.358 e. The minimum Gasteiger partial charge on any atom is -0.464 e. The normalized spacial score (nSPS) is 24.3. The van der Waals surface area contributed by atoms with Crippen molar-refractivity contribution < 1.29 is 9.53 Å². The van der Waals surface area contributed by atoms with E-state index in [4.69, 9.17) is 0 Å². The molecule has 0 bridgehead atoms. The zero-order valence-corrected chi connectivity index (χ0v) is 13.6. The van der Waals surface area contributed by atoms with Crippen molar-refractivity contribution in [2.45, 2.75) is 44.2 Å². The second-order valence-corrected chi connectivity index (χ2v) is 7.01. The highest BCUT2D eigenvalue weighted by molar-refractivity contribution is 5.86. The first kappa shape index (κ1) is 14.9. The Morgan fingerprint density at radius 3 is 2.52 bits per heavy atom. The first-order valence-electron chi connectivity index (χ1n) is 8.65. The summed E-state index contributed by atoms with van der Waals surface area (Å²) >= 11 is 0. The van der Waals surface area contributed by atoms with Gasteiger partial charge in [-0.05, 0) is 38.0 Å². The van der Waals surface area contributed by atoms with Gasteiger partial charge in [-0.2, -0.15) is 0 Å². The van der Waals surface area contributed by atoms with Crippen LogP contribution in [-0.4, -0.2) is 59.7 Å². The highest BCUT2D eigenvalue weighted by Crippen LogP contribution is 2.38. The van der Waals surface area contributed by atoms with Gasteiger partial charge in [-0.25, -0.2) is 14.8 Å². The van der Waals surface area contributed by atoms with Crippen LogP contribution in [-0.2, 0) is 4.74 Å². The molecular weight excluding hydrogens is 292 g/mol. The first-order chi connectivity index (χ1) is 11.2. The number of ether oxygens (including phenoxy) is 1. The maximum absolute atomic E-state index is 11.4. The largest absolute Gasteiger partial charge is 0.464 e. The number of carbonyl (C=O) groups is 1. The lowest BCUT2D eigenvalue weighted by Gasteiger charge is -2.25. The Hall–Kier alpha value is -1.69. The van der Waals surface area contributed by atoms with Gasteiger partial charge in [0.2, 0.25) is 0 Å². The van der Waals surface area contributed by atoms with E-state index >= 15 is 0 Å². The molecule has 0 N–H and O–H groups in total. The van der Waals surface area contributed by atoms with Crippen molar-refractivity contribution in [1.29, 1.82) is 0 Å². The number of aromatic nitrogens is 2. The Labute approximate surface area is 136 Å². The molecule has 3 fully saturated rings. The van der Waals surface area contributed by atoms with Gasteiger partial charge in [-0.15, -0.1) is 0 Å². The van der Waals surface area contributed by atoms with Crippen LogP contribution in [0.25, 0.3) is 0 Å². The number of hydrogen-bond acceptors (Lipinski definition) is 6. The van der Waals surface area contributed by atoms with Gasteiger partial charge in [0, 0.05) is 31.7 Å². The van der Waals surface area contributed by atoms with E-state index in [1.54, 1.807) is 6.20 Å². The number of hydrogen-bond donors (Lipinski definition) is 0. The van der Waals surface area contributed by atoms with Gasteiger partial charge in [-0.3, -0.25) is 4.90 Å². The Balaban J connectivity index is 1.35. The first-order valence-corrected chi connectivity index (χ1v) is 8.65. The molecular formula is C17H24N4O2. The molecule has 1 saturated heterocycles. The molecule has 0 radical (unpaired) electrons. The van der Waals surface area contributed by atoms with Crippen LogP contribution >= 0.6 is 0 Å². The van der Waals surface area contributed by atoms with Gasteiger partial charge in [0.05, 0.1) is 19.5 Å². The second kappa shape index (κ2) is 6.07. The molecule has 1 atom stereocenters. The van der Waals surface area contributed by atoms with E-state index in [9.17, 15) is 4.79 Å². The van der Waals surface area contributed by atoms with Crippen LogP contribution in [0.3, 0.4) is 0 Å². The van der Waals surface area contributed by atoms with E-state index in [1.165, 1.54) is 52.0 Å². The third-order valence-corrected chi connectivity index (χ3v) is 5.14. The van der Waals surface area contributed by atoms with Gasteiger partial charge in [0.15, 0.2) is 5.69 Å². The number of rotatable bonds is 6. The van der Waals surface area contributed by atoms with E-state index in [0.717, 1.165) is 36.9 Å². The monoisotopic (exact) mass is 316 g/mol. The predicted molar refractivity (Wildman–Crippen MR) is 86.4 cm³/mol. The summed E-state index contributed by atoms with van der Waals surface area (Å²) in [6.07, 6.45) is 10.0. The minimum atomic E-state index is -0.437. The Bertz CT molecular complexity index is 556. The summed E-state index contributed by atoms with van der Waals surface area (Å²) in [5.41, 5.74) is 0.264. The average Bonchev–Trinajstić information content (AvgIpc) is 3.51. The molecule has 23 heavy (non-hydrogen) atoms. The molecule has 0 aromatic carbocycles. The van der Waals surface area contributed by atoms with Gasteiger partial charge in [-0.1, -0.05) is 0 Å². The summed E-state index contributed by atoms with van der Waals surface area (Å²) in [5.74, 6) is 1.15. The van der Waals surface area contributed by atoms with E-state index < -0.39 is 5.97 Å². The number of anilines is 1. The third-order valence-electron chi connectivity index (χ3n) is 5.14. The molecule has 2 heterocycles. The average molecular weight is 316 g/mol. The van der Waals surface area contributed by atoms with E-state index in [2.05, 4.69) is 24.5 Å². The van der Waals surface area contributed by atoms with Crippen molar-refractivity contribution in [3.63, 3.8) is 0 Å². The van der Waals surface area contributed by atoms with Gasteiger partial charge < -0.3 is 9.64 Å². The lowest BCUT2D eigenvalue weighted by Crippen LogP contribution is -2.34. The maximum atomic E-state index is 11.4. The Kier molecular flexibility index (Phi) is 3.93. The fourth-order valence-electron chi connectivity index (χ4n) is 3.59. The van der Waals surface area contributed by atoms with Gasteiger partial charge >= 0.3 is 5.97 Å². The quantitative estimate of drug-likeness (QED) is 0.745. The molecule has 0 unspecified atom stereocenters. The van der Waals surface area contributed by atoms with Crippen LogP contribution in [0.1, 0.15) is 42.6 Å². The number of esters is 1. The molecule has 3 aliphatic rings. The molecule has 6 nitrogen and oxygen atoms in total. The fourth-order valence-corrected chi connectivity index (χ4v) is 3.59. The van der Waals surface area contributed by atoms with Crippen molar-refractivity contribution >= 4 is 11.8 Å². The topological polar surface area (TPSA) is 58.6 Å². The molecule has 4 rings (SSSR count). The predicted octanol–water partition coefficient (Wildman–Crippen LogP) is 1.72. The van der Waals surface area contributed by atoms with Crippen LogP contribution in [0.15, 0.2) is 12.4 Å². The summed E-state index contributed by atoms with van der Waals surface area (Å²) < 4.78 is 4.66. The molecule has 2 aliphatic carbocycles. The van der Waals surface area contributed by atoms with Gasteiger partial charge in [0.25, 0.3) is 0 Å². The molecule has 0 spiro atoms. The van der Waals surface area contributed by atoms with Crippen LogP contribution in [0.2, 0.25) is 0 Å². The SMILES string of the molecule is COC(=O)c1cnc(N2CC[C@H](CN(C3CC3)C3CC3)C2)cn1. The number of nitrogens with zero attached hydrogens (tertiary/aromatic N) is 4. The molecule has 124 valence electrons. The van der Waals surface area contributed by atoms with Gasteiger partial charge in [0.1, 0.15) is 5.82 Å². The lowest BCUT2D eigenvalue weighted by molar-refractivity contribution is 0.0593. The van der Waals surface area contributed by atoms with Crippen molar-refractivity contribution in [3.8, 4) is 0 Å². The van der Waals surface area contributed by atoms with E-state index in [0.29, 0.717) is 0 Å². The summed E-state index contributed by atoms with van der Waals surface area (Å²) in [7, 11) is 1.36. The number of carbonyl (C=O) groups excluding carboxylic acids is 1. The molecule has 1 aromatic rings.